The summed E-state index contributed by atoms with van der Waals surface area (Å²) in [6.07, 6.45) is 6.82. The topological polar surface area (TPSA) is 54.5 Å². The van der Waals surface area contributed by atoms with Crippen molar-refractivity contribution in [3.05, 3.63) is 47.3 Å². The Morgan fingerprint density at radius 3 is 2.57 bits per heavy atom. The number of nitriles is 1. The van der Waals surface area contributed by atoms with Crippen LogP contribution in [0.15, 0.2) is 30.3 Å². The lowest BCUT2D eigenvalue weighted by atomic mass is 10.1. The van der Waals surface area contributed by atoms with E-state index in [-0.39, 0.29) is 0 Å². The monoisotopic (exact) mass is 282 g/mol. The number of hydrogen-bond acceptors (Lipinski definition) is 3. The Hall–Kier alpha value is -2.15. The summed E-state index contributed by atoms with van der Waals surface area (Å²) >= 11 is 0. The molecule has 110 valence electrons. The zero-order valence-corrected chi connectivity index (χ0v) is 12.6. The first-order valence-corrected chi connectivity index (χ1v) is 7.71. The van der Waals surface area contributed by atoms with Gasteiger partial charge in [0.05, 0.1) is 5.69 Å². The van der Waals surface area contributed by atoms with Gasteiger partial charge < -0.3 is 0 Å². The van der Waals surface area contributed by atoms with Crippen molar-refractivity contribution in [3.8, 4) is 6.07 Å². The summed E-state index contributed by atoms with van der Waals surface area (Å²) in [6.45, 7) is 3.06. The molecule has 0 atom stereocenters. The molecule has 0 aliphatic heterocycles. The predicted molar refractivity (Wildman–Crippen MR) is 82.7 cm³/mol. The van der Waals surface area contributed by atoms with Crippen LogP contribution < -0.4 is 0 Å². The fraction of sp³-hybridized carbons (Fsp3) is 0.471. The van der Waals surface area contributed by atoms with Crippen molar-refractivity contribution in [2.45, 2.75) is 52.0 Å². The van der Waals surface area contributed by atoms with E-state index in [1.54, 1.807) is 0 Å². The van der Waals surface area contributed by atoms with Crippen LogP contribution in [0.1, 0.15) is 56.0 Å². The molecule has 0 bridgehead atoms. The van der Waals surface area contributed by atoms with Crippen molar-refractivity contribution in [2.24, 2.45) is 0 Å². The summed E-state index contributed by atoms with van der Waals surface area (Å²) in [4.78, 5) is 0. The van der Waals surface area contributed by atoms with Gasteiger partial charge in [-0.25, -0.2) is 4.68 Å². The highest BCUT2D eigenvalue weighted by Crippen LogP contribution is 2.13. The van der Waals surface area contributed by atoms with E-state index in [0.29, 0.717) is 12.1 Å². The van der Waals surface area contributed by atoms with Crippen LogP contribution in [-0.4, -0.2) is 15.0 Å². The molecule has 1 heterocycles. The Morgan fingerprint density at radius 1 is 1.10 bits per heavy atom. The van der Waals surface area contributed by atoms with E-state index in [1.807, 2.05) is 22.9 Å². The molecule has 0 saturated heterocycles. The van der Waals surface area contributed by atoms with Gasteiger partial charge in [-0.2, -0.15) is 5.26 Å². The Balaban J connectivity index is 2.01. The van der Waals surface area contributed by atoms with Crippen LogP contribution in [0.3, 0.4) is 0 Å². The van der Waals surface area contributed by atoms with Gasteiger partial charge in [0.2, 0.25) is 0 Å². The summed E-state index contributed by atoms with van der Waals surface area (Å²) in [5, 5.41) is 17.3. The van der Waals surface area contributed by atoms with Crippen LogP contribution >= 0.6 is 0 Å². The predicted octanol–water partition coefficient (Wildman–Crippen LogP) is 3.71. The second kappa shape index (κ2) is 8.21. The molecule has 0 aliphatic rings. The fourth-order valence-corrected chi connectivity index (χ4v) is 2.43. The van der Waals surface area contributed by atoms with Gasteiger partial charge in [0.1, 0.15) is 6.07 Å². The number of nitrogens with zero attached hydrogens (tertiary/aromatic N) is 4. The molecule has 1 aromatic heterocycles. The van der Waals surface area contributed by atoms with Crippen molar-refractivity contribution in [2.75, 3.05) is 0 Å². The molecule has 0 aliphatic carbocycles. The van der Waals surface area contributed by atoms with E-state index in [9.17, 15) is 5.26 Å². The highest BCUT2D eigenvalue weighted by molar-refractivity contribution is 5.30. The van der Waals surface area contributed by atoms with Crippen LogP contribution in [0, 0.1) is 11.3 Å². The van der Waals surface area contributed by atoms with E-state index in [0.717, 1.165) is 18.7 Å². The quantitative estimate of drug-likeness (QED) is 0.693. The van der Waals surface area contributed by atoms with Crippen LogP contribution in [0.4, 0.5) is 0 Å². The second-order valence-electron chi connectivity index (χ2n) is 5.30. The van der Waals surface area contributed by atoms with Crippen molar-refractivity contribution >= 4 is 0 Å². The lowest BCUT2D eigenvalue weighted by molar-refractivity contribution is 0.509. The first-order chi connectivity index (χ1) is 10.3. The minimum Gasteiger partial charge on any atom is -0.248 e. The largest absolute Gasteiger partial charge is 0.248 e. The Bertz CT molecular complexity index is 581. The highest BCUT2D eigenvalue weighted by atomic mass is 15.4. The zero-order valence-electron chi connectivity index (χ0n) is 12.6. The van der Waals surface area contributed by atoms with Gasteiger partial charge in [-0.1, -0.05) is 68.2 Å². The van der Waals surface area contributed by atoms with Gasteiger partial charge in [-0.05, 0) is 12.0 Å². The first kappa shape index (κ1) is 15.2. The maximum Gasteiger partial charge on any atom is 0.186 e. The van der Waals surface area contributed by atoms with Gasteiger partial charge in [-0.15, -0.1) is 5.10 Å². The minimum absolute atomic E-state index is 0.451. The molecule has 0 N–H and O–H groups in total. The standard InChI is InChI=1S/C17H22N4/c1-2-3-4-5-9-12-21-17(16(14-18)19-20-21)13-15-10-7-6-8-11-15/h6-8,10-11H,2-5,9,12-13H2,1H3. The molecule has 0 amide bonds. The van der Waals surface area contributed by atoms with Crippen LogP contribution in [0.25, 0.3) is 0 Å². The average Bonchev–Trinajstić information content (AvgIpc) is 2.90. The van der Waals surface area contributed by atoms with E-state index in [2.05, 4.69) is 35.4 Å². The molecule has 0 fully saturated rings. The number of benzene rings is 1. The molecule has 2 aromatic rings. The van der Waals surface area contributed by atoms with Crippen molar-refractivity contribution in [1.82, 2.24) is 15.0 Å². The first-order valence-electron chi connectivity index (χ1n) is 7.71. The molecule has 0 saturated carbocycles. The third-order valence-corrected chi connectivity index (χ3v) is 3.63. The molecule has 0 unspecified atom stereocenters. The lowest BCUT2D eigenvalue weighted by Crippen LogP contribution is -2.07. The van der Waals surface area contributed by atoms with Crippen molar-refractivity contribution in [3.63, 3.8) is 0 Å². The summed E-state index contributed by atoms with van der Waals surface area (Å²) in [5.74, 6) is 0. The zero-order chi connectivity index (χ0) is 14.9. The van der Waals surface area contributed by atoms with Gasteiger partial charge in [-0.3, -0.25) is 0 Å². The molecule has 21 heavy (non-hydrogen) atoms. The molecular formula is C17H22N4. The summed E-state index contributed by atoms with van der Waals surface area (Å²) in [6, 6.07) is 12.3. The van der Waals surface area contributed by atoms with Crippen molar-refractivity contribution < 1.29 is 0 Å². The molecular weight excluding hydrogens is 260 g/mol. The van der Waals surface area contributed by atoms with Gasteiger partial charge >= 0.3 is 0 Å². The molecule has 4 heteroatoms. The van der Waals surface area contributed by atoms with E-state index in [1.165, 1.54) is 31.2 Å². The maximum atomic E-state index is 9.19. The number of rotatable bonds is 8. The minimum atomic E-state index is 0.451. The number of aromatic nitrogens is 3. The SMILES string of the molecule is CCCCCCCn1nnc(C#N)c1Cc1ccccc1. The number of aryl methyl sites for hydroxylation is 1. The lowest BCUT2D eigenvalue weighted by Gasteiger charge is -2.07. The van der Waals surface area contributed by atoms with Gasteiger partial charge in [0.25, 0.3) is 0 Å². The van der Waals surface area contributed by atoms with Crippen LogP contribution in [0.5, 0.6) is 0 Å². The van der Waals surface area contributed by atoms with Crippen LogP contribution in [-0.2, 0) is 13.0 Å². The van der Waals surface area contributed by atoms with E-state index in [4.69, 9.17) is 0 Å². The van der Waals surface area contributed by atoms with Crippen molar-refractivity contribution in [1.29, 1.82) is 5.26 Å². The third-order valence-electron chi connectivity index (χ3n) is 3.63. The number of unbranched alkanes of at least 4 members (excludes halogenated alkanes) is 4. The van der Waals surface area contributed by atoms with E-state index >= 15 is 0 Å². The third kappa shape index (κ3) is 4.42. The van der Waals surface area contributed by atoms with Crippen LogP contribution in [0.2, 0.25) is 0 Å². The molecule has 0 spiro atoms. The second-order valence-corrected chi connectivity index (χ2v) is 5.30. The van der Waals surface area contributed by atoms with Gasteiger partial charge in [0.15, 0.2) is 5.69 Å². The normalized spacial score (nSPS) is 10.5. The summed E-state index contributed by atoms with van der Waals surface area (Å²) in [7, 11) is 0. The smallest absolute Gasteiger partial charge is 0.186 e. The van der Waals surface area contributed by atoms with E-state index < -0.39 is 0 Å². The fourth-order valence-electron chi connectivity index (χ4n) is 2.43. The summed E-state index contributed by atoms with van der Waals surface area (Å²) < 4.78 is 1.90. The molecule has 1 aromatic carbocycles. The average molecular weight is 282 g/mol. The molecule has 4 nitrogen and oxygen atoms in total. The Labute approximate surface area is 126 Å². The highest BCUT2D eigenvalue weighted by Gasteiger charge is 2.12. The maximum absolute atomic E-state index is 9.19. The Kier molecular flexibility index (Phi) is 5.96. The molecule has 2 rings (SSSR count). The van der Waals surface area contributed by atoms with Gasteiger partial charge in [0, 0.05) is 13.0 Å². The Morgan fingerprint density at radius 2 is 1.86 bits per heavy atom. The number of hydrogen-bond donors (Lipinski definition) is 0. The molecule has 0 radical (unpaired) electrons. The summed E-state index contributed by atoms with van der Waals surface area (Å²) in [5.41, 5.74) is 2.56.